The average Bonchev–Trinajstić information content (AvgIpc) is 2.48. The first kappa shape index (κ1) is 14.8. The topological polar surface area (TPSA) is 56.7 Å². The van der Waals surface area contributed by atoms with Gasteiger partial charge in [-0.05, 0) is 31.5 Å². The van der Waals surface area contributed by atoms with Crippen molar-refractivity contribution < 1.29 is 9.90 Å². The van der Waals surface area contributed by atoms with Crippen LogP contribution in [0.1, 0.15) is 25.7 Å². The van der Waals surface area contributed by atoms with Crippen molar-refractivity contribution in [2.24, 2.45) is 0 Å². The highest BCUT2D eigenvalue weighted by molar-refractivity contribution is 5.66. The Balaban J connectivity index is 1.61. The highest BCUT2D eigenvalue weighted by Gasteiger charge is 2.17. The molecule has 20 heavy (non-hydrogen) atoms. The van der Waals surface area contributed by atoms with E-state index in [2.05, 4.69) is 20.9 Å². The second-order valence-electron chi connectivity index (χ2n) is 5.22. The number of pyridine rings is 1. The van der Waals surface area contributed by atoms with E-state index in [0.717, 1.165) is 57.8 Å². The third-order valence-corrected chi connectivity index (χ3v) is 3.71. The molecule has 110 valence electrons. The SMILES string of the molecule is O=C(O)CCCCCN1CCN(c2ccccn2)CC1. The van der Waals surface area contributed by atoms with E-state index < -0.39 is 5.97 Å². The van der Waals surface area contributed by atoms with E-state index in [0.29, 0.717) is 6.42 Å². The normalized spacial score (nSPS) is 16.3. The monoisotopic (exact) mass is 277 g/mol. The molecule has 1 aliphatic rings. The minimum atomic E-state index is -0.686. The second-order valence-corrected chi connectivity index (χ2v) is 5.22. The van der Waals surface area contributed by atoms with E-state index in [1.165, 1.54) is 0 Å². The van der Waals surface area contributed by atoms with Gasteiger partial charge in [-0.2, -0.15) is 0 Å². The van der Waals surface area contributed by atoms with Crippen molar-refractivity contribution in [3.63, 3.8) is 0 Å². The zero-order valence-corrected chi connectivity index (χ0v) is 11.9. The van der Waals surface area contributed by atoms with Gasteiger partial charge in [0.25, 0.3) is 0 Å². The van der Waals surface area contributed by atoms with Gasteiger partial charge in [-0.15, -0.1) is 0 Å². The van der Waals surface area contributed by atoms with Gasteiger partial charge in [-0.1, -0.05) is 12.5 Å². The van der Waals surface area contributed by atoms with Crippen LogP contribution in [0.15, 0.2) is 24.4 Å². The summed E-state index contributed by atoms with van der Waals surface area (Å²) in [5.41, 5.74) is 0. The fraction of sp³-hybridized carbons (Fsp3) is 0.600. The van der Waals surface area contributed by atoms with Gasteiger partial charge in [-0.3, -0.25) is 9.69 Å². The Morgan fingerprint density at radius 2 is 1.95 bits per heavy atom. The first-order chi connectivity index (χ1) is 9.75. The summed E-state index contributed by atoms with van der Waals surface area (Å²) in [5, 5.41) is 8.58. The second kappa shape index (κ2) is 7.85. The number of hydrogen-bond acceptors (Lipinski definition) is 4. The quantitative estimate of drug-likeness (QED) is 0.771. The third kappa shape index (κ3) is 4.81. The molecule has 0 unspecified atom stereocenters. The smallest absolute Gasteiger partial charge is 0.303 e. The Hall–Kier alpha value is -1.62. The van der Waals surface area contributed by atoms with Crippen LogP contribution in [0.4, 0.5) is 5.82 Å². The third-order valence-electron chi connectivity index (χ3n) is 3.71. The van der Waals surface area contributed by atoms with Gasteiger partial charge in [0, 0.05) is 38.8 Å². The molecule has 0 amide bonds. The molecule has 0 saturated carbocycles. The highest BCUT2D eigenvalue weighted by Crippen LogP contribution is 2.13. The fourth-order valence-electron chi connectivity index (χ4n) is 2.53. The van der Waals surface area contributed by atoms with Gasteiger partial charge in [0.2, 0.25) is 0 Å². The predicted molar refractivity (Wildman–Crippen MR) is 79.0 cm³/mol. The largest absolute Gasteiger partial charge is 0.481 e. The van der Waals surface area contributed by atoms with E-state index in [1.807, 2.05) is 18.3 Å². The minimum absolute atomic E-state index is 0.299. The number of unbranched alkanes of at least 4 members (excludes halogenated alkanes) is 2. The van der Waals surface area contributed by atoms with E-state index in [1.54, 1.807) is 0 Å². The summed E-state index contributed by atoms with van der Waals surface area (Å²) in [7, 11) is 0. The predicted octanol–water partition coefficient (Wildman–Crippen LogP) is 1.85. The Kier molecular flexibility index (Phi) is 5.80. The maximum Gasteiger partial charge on any atom is 0.303 e. The molecule has 1 fully saturated rings. The van der Waals surface area contributed by atoms with Crippen molar-refractivity contribution in [3.8, 4) is 0 Å². The van der Waals surface area contributed by atoms with E-state index in [9.17, 15) is 4.79 Å². The maximum atomic E-state index is 10.4. The van der Waals surface area contributed by atoms with E-state index >= 15 is 0 Å². The molecule has 1 aliphatic heterocycles. The molecule has 0 radical (unpaired) electrons. The van der Waals surface area contributed by atoms with Gasteiger partial charge < -0.3 is 10.0 Å². The lowest BCUT2D eigenvalue weighted by Gasteiger charge is -2.35. The number of aliphatic carboxylic acids is 1. The molecule has 1 aromatic heterocycles. The Morgan fingerprint density at radius 3 is 2.60 bits per heavy atom. The summed E-state index contributed by atoms with van der Waals surface area (Å²) < 4.78 is 0. The van der Waals surface area contributed by atoms with Crippen LogP contribution in [0.5, 0.6) is 0 Å². The van der Waals surface area contributed by atoms with Crippen LogP contribution in [-0.4, -0.2) is 53.7 Å². The first-order valence-corrected chi connectivity index (χ1v) is 7.36. The highest BCUT2D eigenvalue weighted by atomic mass is 16.4. The maximum absolute atomic E-state index is 10.4. The molecule has 1 N–H and O–H groups in total. The molecule has 0 atom stereocenters. The zero-order chi connectivity index (χ0) is 14.2. The number of nitrogens with zero attached hydrogens (tertiary/aromatic N) is 3. The summed E-state index contributed by atoms with van der Waals surface area (Å²) in [4.78, 5) is 19.6. The van der Waals surface area contributed by atoms with Crippen molar-refractivity contribution in [1.29, 1.82) is 0 Å². The average molecular weight is 277 g/mol. The van der Waals surface area contributed by atoms with Gasteiger partial charge in [-0.25, -0.2) is 4.98 Å². The van der Waals surface area contributed by atoms with Crippen LogP contribution in [0.3, 0.4) is 0 Å². The number of hydrogen-bond donors (Lipinski definition) is 1. The number of rotatable bonds is 7. The molecule has 1 saturated heterocycles. The van der Waals surface area contributed by atoms with E-state index in [-0.39, 0.29) is 0 Å². The number of aromatic nitrogens is 1. The molecule has 1 aromatic rings. The zero-order valence-electron chi connectivity index (χ0n) is 11.9. The van der Waals surface area contributed by atoms with Crippen molar-refractivity contribution in [2.45, 2.75) is 25.7 Å². The standard InChI is InChI=1S/C15H23N3O2/c19-15(20)7-2-1-5-9-17-10-12-18(13-11-17)14-6-3-4-8-16-14/h3-4,6,8H,1-2,5,7,9-13H2,(H,19,20). The van der Waals surface area contributed by atoms with E-state index in [4.69, 9.17) is 5.11 Å². The minimum Gasteiger partial charge on any atom is -0.481 e. The summed E-state index contributed by atoms with van der Waals surface area (Å²) in [5.74, 6) is 0.377. The first-order valence-electron chi connectivity index (χ1n) is 7.36. The molecule has 5 nitrogen and oxygen atoms in total. The molecular formula is C15H23N3O2. The van der Waals surface area contributed by atoms with Gasteiger partial charge in [0.05, 0.1) is 0 Å². The molecule has 0 spiro atoms. The Bertz CT molecular complexity index is 403. The number of anilines is 1. The number of carbonyl (C=O) groups is 1. The summed E-state index contributed by atoms with van der Waals surface area (Å²) >= 11 is 0. The van der Waals surface area contributed by atoms with Crippen LogP contribution >= 0.6 is 0 Å². The van der Waals surface area contributed by atoms with Crippen LogP contribution in [0.25, 0.3) is 0 Å². The van der Waals surface area contributed by atoms with Gasteiger partial charge in [0.1, 0.15) is 5.82 Å². The molecule has 0 bridgehead atoms. The van der Waals surface area contributed by atoms with Crippen LogP contribution in [0, 0.1) is 0 Å². The summed E-state index contributed by atoms with van der Waals surface area (Å²) in [6.45, 7) is 5.25. The van der Waals surface area contributed by atoms with Crippen molar-refractivity contribution in [2.75, 3.05) is 37.6 Å². The number of piperazine rings is 1. The van der Waals surface area contributed by atoms with Crippen LogP contribution in [-0.2, 0) is 4.79 Å². The molecule has 0 aromatic carbocycles. The van der Waals surface area contributed by atoms with Crippen molar-refractivity contribution in [3.05, 3.63) is 24.4 Å². The Morgan fingerprint density at radius 1 is 1.15 bits per heavy atom. The fourth-order valence-corrected chi connectivity index (χ4v) is 2.53. The molecule has 2 rings (SSSR count). The summed E-state index contributed by atoms with van der Waals surface area (Å²) in [6, 6.07) is 6.02. The van der Waals surface area contributed by atoms with Gasteiger partial charge >= 0.3 is 5.97 Å². The van der Waals surface area contributed by atoms with Crippen molar-refractivity contribution >= 4 is 11.8 Å². The van der Waals surface area contributed by atoms with Crippen molar-refractivity contribution in [1.82, 2.24) is 9.88 Å². The number of carboxylic acids is 1. The summed E-state index contributed by atoms with van der Waals surface area (Å²) in [6.07, 6.45) is 5.03. The van der Waals surface area contributed by atoms with Gasteiger partial charge in [0.15, 0.2) is 0 Å². The lowest BCUT2D eigenvalue weighted by Crippen LogP contribution is -2.46. The van der Waals surface area contributed by atoms with Crippen LogP contribution < -0.4 is 4.90 Å². The van der Waals surface area contributed by atoms with Crippen LogP contribution in [0.2, 0.25) is 0 Å². The number of carboxylic acid groups (broad SMARTS) is 1. The molecule has 5 heteroatoms. The lowest BCUT2D eigenvalue weighted by molar-refractivity contribution is -0.137. The Labute approximate surface area is 120 Å². The lowest BCUT2D eigenvalue weighted by atomic mass is 10.2. The molecular weight excluding hydrogens is 254 g/mol. The molecule has 2 heterocycles. The molecule has 0 aliphatic carbocycles.